The van der Waals surface area contributed by atoms with Crippen LogP contribution < -0.4 is 15.4 Å². The molecule has 0 atom stereocenters. The summed E-state index contributed by atoms with van der Waals surface area (Å²) in [5.74, 6) is 0.599. The van der Waals surface area contributed by atoms with Gasteiger partial charge in [-0.15, -0.1) is 11.3 Å². The number of hydrogen-bond acceptors (Lipinski definition) is 5. The highest BCUT2D eigenvalue weighted by atomic mass is 32.1. The van der Waals surface area contributed by atoms with Gasteiger partial charge in [-0.25, -0.2) is 0 Å². The molecule has 0 unspecified atom stereocenters. The van der Waals surface area contributed by atoms with Gasteiger partial charge in [0.25, 0.3) is 0 Å². The van der Waals surface area contributed by atoms with Crippen LogP contribution in [0.2, 0.25) is 0 Å². The van der Waals surface area contributed by atoms with Crippen molar-refractivity contribution in [3.8, 4) is 5.75 Å². The number of carbonyl (C=O) groups excluding carboxylic acids is 1. The molecule has 1 aromatic carbocycles. The molecule has 1 aliphatic rings. The minimum Gasteiger partial charge on any atom is -0.492 e. The molecule has 1 aliphatic heterocycles. The summed E-state index contributed by atoms with van der Waals surface area (Å²) in [7, 11) is 1.59. The zero-order chi connectivity index (χ0) is 14.3. The molecule has 0 bridgehead atoms. The molecule has 1 aromatic heterocycles. The van der Waals surface area contributed by atoms with E-state index in [-0.39, 0.29) is 5.78 Å². The summed E-state index contributed by atoms with van der Waals surface area (Å²) in [6.07, 6.45) is 0. The maximum Gasteiger partial charge on any atom is 0.177 e. The van der Waals surface area contributed by atoms with Crippen LogP contribution in [0.15, 0.2) is 24.3 Å². The van der Waals surface area contributed by atoms with Crippen molar-refractivity contribution in [3.63, 3.8) is 0 Å². The molecule has 4 nitrogen and oxygen atoms in total. The van der Waals surface area contributed by atoms with E-state index in [1.807, 2.05) is 12.1 Å². The van der Waals surface area contributed by atoms with Gasteiger partial charge in [0.05, 0.1) is 17.7 Å². The number of nitrogens with zero attached hydrogens (tertiary/aromatic N) is 1. The summed E-state index contributed by atoms with van der Waals surface area (Å²) in [4.78, 5) is 14.4. The van der Waals surface area contributed by atoms with Gasteiger partial charge in [-0.05, 0) is 11.1 Å². The lowest BCUT2D eigenvalue weighted by molar-refractivity contribution is 0.102. The van der Waals surface area contributed by atoms with Crippen LogP contribution in [0.5, 0.6) is 5.75 Å². The lowest BCUT2D eigenvalue weighted by Gasteiger charge is -2.16. The van der Waals surface area contributed by atoms with Gasteiger partial charge in [0, 0.05) is 20.0 Å². The quantitative estimate of drug-likeness (QED) is 0.882. The van der Waals surface area contributed by atoms with Crippen molar-refractivity contribution in [3.05, 3.63) is 40.3 Å². The molecule has 20 heavy (non-hydrogen) atoms. The monoisotopic (exact) mass is 288 g/mol. The Hall–Kier alpha value is -2.01. The standard InChI is InChI=1S/C15H16N2O2S/c1-9(18)14-12(16)13(19-2)15(20-14)17-7-10-5-3-4-6-11(10)8-17/h3-6H,7-8,16H2,1-2H3. The van der Waals surface area contributed by atoms with Crippen molar-refractivity contribution in [2.75, 3.05) is 17.7 Å². The molecular weight excluding hydrogens is 272 g/mol. The number of hydrogen-bond donors (Lipinski definition) is 1. The van der Waals surface area contributed by atoms with E-state index < -0.39 is 0 Å². The molecule has 0 aliphatic carbocycles. The molecule has 2 N–H and O–H groups in total. The minimum absolute atomic E-state index is 0.0197. The lowest BCUT2D eigenvalue weighted by Crippen LogP contribution is -2.13. The number of ketones is 1. The smallest absolute Gasteiger partial charge is 0.177 e. The van der Waals surface area contributed by atoms with Gasteiger partial charge in [0.2, 0.25) is 0 Å². The first-order valence-electron chi connectivity index (χ1n) is 6.40. The average molecular weight is 288 g/mol. The first-order chi connectivity index (χ1) is 9.61. The van der Waals surface area contributed by atoms with E-state index in [1.54, 1.807) is 7.11 Å². The Morgan fingerprint density at radius 2 is 1.90 bits per heavy atom. The SMILES string of the molecule is COc1c(N2Cc3ccccc3C2)sc(C(C)=O)c1N. The second-order valence-corrected chi connectivity index (χ2v) is 5.86. The molecule has 2 aromatic rings. The summed E-state index contributed by atoms with van der Waals surface area (Å²) in [6, 6.07) is 8.35. The number of nitrogen functional groups attached to an aromatic ring is 1. The van der Waals surface area contributed by atoms with Crippen molar-refractivity contribution < 1.29 is 9.53 Å². The fourth-order valence-electron chi connectivity index (χ4n) is 2.56. The van der Waals surface area contributed by atoms with E-state index in [1.165, 1.54) is 29.4 Å². The second kappa shape index (κ2) is 4.83. The minimum atomic E-state index is -0.0197. The molecule has 0 radical (unpaired) electrons. The Morgan fingerprint density at radius 1 is 1.30 bits per heavy atom. The number of fused-ring (bicyclic) bond motifs is 1. The number of carbonyl (C=O) groups is 1. The Morgan fingerprint density at radius 3 is 2.40 bits per heavy atom. The molecule has 0 saturated carbocycles. The predicted molar refractivity (Wildman–Crippen MR) is 81.6 cm³/mol. The normalized spacial score (nSPS) is 13.4. The van der Waals surface area contributed by atoms with Crippen LogP contribution in [0.3, 0.4) is 0 Å². The lowest BCUT2D eigenvalue weighted by atomic mass is 10.1. The fourth-order valence-corrected chi connectivity index (χ4v) is 3.64. The third-order valence-electron chi connectivity index (χ3n) is 3.53. The molecule has 5 heteroatoms. The topological polar surface area (TPSA) is 55.6 Å². The number of rotatable bonds is 3. The Bertz CT molecular complexity index is 654. The highest BCUT2D eigenvalue weighted by Crippen LogP contribution is 2.47. The van der Waals surface area contributed by atoms with Crippen LogP contribution in [0.25, 0.3) is 0 Å². The zero-order valence-electron chi connectivity index (χ0n) is 11.5. The van der Waals surface area contributed by atoms with Crippen LogP contribution in [0, 0.1) is 0 Å². The van der Waals surface area contributed by atoms with Crippen molar-refractivity contribution >= 4 is 27.8 Å². The number of Topliss-reactive ketones (excluding diaryl/α,β-unsaturated/α-hetero) is 1. The summed E-state index contributed by atoms with van der Waals surface area (Å²) in [6.45, 7) is 3.18. The van der Waals surface area contributed by atoms with E-state index in [4.69, 9.17) is 10.5 Å². The summed E-state index contributed by atoms with van der Waals surface area (Å²) in [5, 5.41) is 0.936. The number of methoxy groups -OCH3 is 1. The van der Waals surface area contributed by atoms with E-state index in [0.29, 0.717) is 16.3 Å². The van der Waals surface area contributed by atoms with Crippen molar-refractivity contribution in [1.82, 2.24) is 0 Å². The molecule has 0 fully saturated rings. The van der Waals surface area contributed by atoms with Gasteiger partial charge in [-0.2, -0.15) is 0 Å². The maximum atomic E-state index is 11.6. The highest BCUT2D eigenvalue weighted by Gasteiger charge is 2.27. The van der Waals surface area contributed by atoms with Crippen LogP contribution in [-0.4, -0.2) is 12.9 Å². The number of benzene rings is 1. The van der Waals surface area contributed by atoms with Gasteiger partial charge in [0.1, 0.15) is 5.00 Å². The third-order valence-corrected chi connectivity index (χ3v) is 4.88. The predicted octanol–water partition coefficient (Wildman–Crippen LogP) is 3.06. The van der Waals surface area contributed by atoms with Crippen LogP contribution >= 0.6 is 11.3 Å². The largest absolute Gasteiger partial charge is 0.492 e. The van der Waals surface area contributed by atoms with E-state index in [0.717, 1.165) is 18.1 Å². The van der Waals surface area contributed by atoms with E-state index in [2.05, 4.69) is 17.0 Å². The second-order valence-electron chi connectivity index (χ2n) is 4.86. The van der Waals surface area contributed by atoms with Crippen LogP contribution in [0.4, 0.5) is 10.7 Å². The average Bonchev–Trinajstić information content (AvgIpc) is 2.98. The molecule has 3 rings (SSSR count). The highest BCUT2D eigenvalue weighted by molar-refractivity contribution is 7.19. The van der Waals surface area contributed by atoms with Crippen LogP contribution in [-0.2, 0) is 13.1 Å². The molecule has 104 valence electrons. The van der Waals surface area contributed by atoms with E-state index in [9.17, 15) is 4.79 Å². The van der Waals surface area contributed by atoms with Gasteiger partial charge in [-0.3, -0.25) is 4.79 Å². The molecule has 0 spiro atoms. The van der Waals surface area contributed by atoms with E-state index >= 15 is 0 Å². The van der Waals surface area contributed by atoms with Gasteiger partial charge in [0.15, 0.2) is 11.5 Å². The van der Waals surface area contributed by atoms with Gasteiger partial charge in [-0.1, -0.05) is 24.3 Å². The van der Waals surface area contributed by atoms with Crippen molar-refractivity contribution in [1.29, 1.82) is 0 Å². The number of thiophene rings is 1. The molecule has 0 amide bonds. The summed E-state index contributed by atoms with van der Waals surface area (Å²) >= 11 is 1.41. The summed E-state index contributed by atoms with van der Waals surface area (Å²) < 4.78 is 5.41. The summed E-state index contributed by atoms with van der Waals surface area (Å²) in [5.41, 5.74) is 9.10. The Balaban J connectivity index is 2.00. The number of nitrogens with two attached hydrogens (primary N) is 1. The van der Waals surface area contributed by atoms with Crippen LogP contribution in [0.1, 0.15) is 27.7 Å². The number of anilines is 2. The molecular formula is C15H16N2O2S. The zero-order valence-corrected chi connectivity index (χ0v) is 12.3. The molecule has 0 saturated heterocycles. The Kier molecular flexibility index (Phi) is 3.14. The number of ether oxygens (including phenoxy) is 1. The van der Waals surface area contributed by atoms with Gasteiger partial charge >= 0.3 is 0 Å². The molecule has 2 heterocycles. The first kappa shape index (κ1) is 13.0. The van der Waals surface area contributed by atoms with Crippen molar-refractivity contribution in [2.45, 2.75) is 20.0 Å². The fraction of sp³-hybridized carbons (Fsp3) is 0.267. The van der Waals surface area contributed by atoms with Crippen molar-refractivity contribution in [2.24, 2.45) is 0 Å². The Labute approximate surface area is 121 Å². The first-order valence-corrected chi connectivity index (χ1v) is 7.22. The third kappa shape index (κ3) is 1.94. The van der Waals surface area contributed by atoms with Gasteiger partial charge < -0.3 is 15.4 Å². The maximum absolute atomic E-state index is 11.6.